The summed E-state index contributed by atoms with van der Waals surface area (Å²) in [5.41, 5.74) is 0.847. The first-order valence-electron chi connectivity index (χ1n) is 6.42. The molecule has 7 heteroatoms. The lowest BCUT2D eigenvalue weighted by molar-refractivity contribution is -0.155. The summed E-state index contributed by atoms with van der Waals surface area (Å²) >= 11 is 0. The number of nitrogens with zero attached hydrogens (tertiary/aromatic N) is 1. The fraction of sp³-hybridized carbons (Fsp3) is 0.357. The van der Waals surface area contributed by atoms with Crippen LogP contribution < -0.4 is 5.32 Å². The number of carbonyl (C=O) groups is 3. The van der Waals surface area contributed by atoms with Gasteiger partial charge in [-0.3, -0.25) is 19.6 Å². The Morgan fingerprint density at radius 2 is 1.95 bits per heavy atom. The van der Waals surface area contributed by atoms with Gasteiger partial charge in [0, 0.05) is 0 Å². The molecule has 0 fully saturated rings. The molecule has 0 bridgehead atoms. The summed E-state index contributed by atoms with van der Waals surface area (Å²) in [6.45, 7) is 1.13. The first kappa shape index (κ1) is 16.6. The van der Waals surface area contributed by atoms with Crippen molar-refractivity contribution in [3.63, 3.8) is 0 Å². The molecule has 7 nitrogen and oxygen atoms in total. The van der Waals surface area contributed by atoms with Gasteiger partial charge in [-0.1, -0.05) is 30.3 Å². The minimum Gasteiger partial charge on any atom is -0.480 e. The quantitative estimate of drug-likeness (QED) is 0.363. The van der Waals surface area contributed by atoms with Crippen molar-refractivity contribution in [3.8, 4) is 0 Å². The third kappa shape index (κ3) is 5.62. The molecule has 3 N–H and O–H groups in total. The van der Waals surface area contributed by atoms with E-state index in [1.807, 2.05) is 18.2 Å². The van der Waals surface area contributed by atoms with E-state index in [1.165, 1.54) is 6.92 Å². The predicted octanol–water partition coefficient (Wildman–Crippen LogP) is 0.282. The average Bonchev–Trinajstić information content (AvgIpc) is 2.47. The van der Waals surface area contributed by atoms with E-state index in [0.29, 0.717) is 5.06 Å². The van der Waals surface area contributed by atoms with Gasteiger partial charge in [-0.25, -0.2) is 5.06 Å². The van der Waals surface area contributed by atoms with E-state index in [9.17, 15) is 19.6 Å². The lowest BCUT2D eigenvalue weighted by Crippen LogP contribution is -2.45. The van der Waals surface area contributed by atoms with Crippen LogP contribution in [0.25, 0.3) is 0 Å². The van der Waals surface area contributed by atoms with Crippen molar-refractivity contribution in [3.05, 3.63) is 35.9 Å². The van der Waals surface area contributed by atoms with E-state index in [-0.39, 0.29) is 19.4 Å². The summed E-state index contributed by atoms with van der Waals surface area (Å²) in [5.74, 6) is -2.43. The monoisotopic (exact) mass is 294 g/mol. The molecular weight excluding hydrogens is 276 g/mol. The molecule has 0 radical (unpaired) electrons. The molecule has 2 atom stereocenters. The Morgan fingerprint density at radius 3 is 2.48 bits per heavy atom. The molecule has 21 heavy (non-hydrogen) atoms. The van der Waals surface area contributed by atoms with Gasteiger partial charge in [0.2, 0.25) is 12.3 Å². The van der Waals surface area contributed by atoms with Gasteiger partial charge in [0.05, 0.1) is 12.5 Å². The number of hydroxylamine groups is 2. The second kappa shape index (κ2) is 8.01. The van der Waals surface area contributed by atoms with Gasteiger partial charge in [0.1, 0.15) is 6.04 Å². The Hall–Kier alpha value is -2.41. The van der Waals surface area contributed by atoms with Crippen LogP contribution in [0.2, 0.25) is 0 Å². The largest absolute Gasteiger partial charge is 0.480 e. The molecule has 0 aliphatic rings. The third-order valence-corrected chi connectivity index (χ3v) is 2.95. The number of carboxylic acids is 1. The highest BCUT2D eigenvalue weighted by atomic mass is 16.5. The zero-order valence-electron chi connectivity index (χ0n) is 11.6. The van der Waals surface area contributed by atoms with E-state index < -0.39 is 23.8 Å². The molecular formula is C14H18N2O5. The lowest BCUT2D eigenvalue weighted by Gasteiger charge is -2.21. The van der Waals surface area contributed by atoms with Crippen LogP contribution in [0.3, 0.4) is 0 Å². The average molecular weight is 294 g/mol. The third-order valence-electron chi connectivity index (χ3n) is 2.95. The second-order valence-corrected chi connectivity index (χ2v) is 4.68. The Balaban J connectivity index is 2.78. The Kier molecular flexibility index (Phi) is 6.35. The number of nitrogens with one attached hydrogen (secondary N) is 1. The van der Waals surface area contributed by atoms with E-state index in [0.717, 1.165) is 5.56 Å². The molecule has 1 aromatic rings. The number of carboxylic acid groups (broad SMARTS) is 1. The van der Waals surface area contributed by atoms with E-state index in [1.54, 1.807) is 12.1 Å². The normalized spacial score (nSPS) is 13.0. The van der Waals surface area contributed by atoms with Gasteiger partial charge in [0.15, 0.2) is 0 Å². The van der Waals surface area contributed by atoms with Crippen LogP contribution in [0.1, 0.15) is 12.5 Å². The van der Waals surface area contributed by atoms with Crippen molar-refractivity contribution in [2.75, 3.05) is 6.54 Å². The van der Waals surface area contributed by atoms with Crippen molar-refractivity contribution in [1.82, 2.24) is 10.4 Å². The smallest absolute Gasteiger partial charge is 0.325 e. The molecule has 0 aliphatic carbocycles. The fourth-order valence-corrected chi connectivity index (χ4v) is 1.80. The Bertz CT molecular complexity index is 491. The number of amides is 2. The molecule has 1 aromatic carbocycles. The van der Waals surface area contributed by atoms with Gasteiger partial charge < -0.3 is 10.4 Å². The molecule has 0 saturated carbocycles. The van der Waals surface area contributed by atoms with Crippen molar-refractivity contribution in [2.45, 2.75) is 19.4 Å². The van der Waals surface area contributed by atoms with Crippen LogP contribution in [0, 0.1) is 5.92 Å². The van der Waals surface area contributed by atoms with Crippen molar-refractivity contribution in [2.24, 2.45) is 5.92 Å². The number of hydrogen-bond donors (Lipinski definition) is 3. The van der Waals surface area contributed by atoms with Gasteiger partial charge in [-0.2, -0.15) is 0 Å². The van der Waals surface area contributed by atoms with Crippen molar-refractivity contribution < 1.29 is 24.7 Å². The highest BCUT2D eigenvalue weighted by Gasteiger charge is 2.24. The zero-order valence-corrected chi connectivity index (χ0v) is 11.6. The van der Waals surface area contributed by atoms with Crippen LogP contribution >= 0.6 is 0 Å². The summed E-state index contributed by atoms with van der Waals surface area (Å²) in [5, 5.41) is 20.8. The lowest BCUT2D eigenvalue weighted by atomic mass is 9.98. The molecule has 0 spiro atoms. The molecule has 0 aliphatic heterocycles. The van der Waals surface area contributed by atoms with Gasteiger partial charge in [-0.15, -0.1) is 0 Å². The van der Waals surface area contributed by atoms with Crippen LogP contribution in [0.5, 0.6) is 0 Å². The first-order valence-corrected chi connectivity index (χ1v) is 6.42. The summed E-state index contributed by atoms with van der Waals surface area (Å²) in [6.07, 6.45) is 0.482. The van der Waals surface area contributed by atoms with E-state index >= 15 is 0 Å². The van der Waals surface area contributed by atoms with Gasteiger partial charge in [0.25, 0.3) is 0 Å². The number of aliphatic carboxylic acids is 1. The van der Waals surface area contributed by atoms with Crippen molar-refractivity contribution in [1.29, 1.82) is 0 Å². The molecule has 2 amide bonds. The van der Waals surface area contributed by atoms with E-state index in [4.69, 9.17) is 5.11 Å². The first-order chi connectivity index (χ1) is 9.93. The van der Waals surface area contributed by atoms with Crippen molar-refractivity contribution >= 4 is 18.3 Å². The van der Waals surface area contributed by atoms with Crippen LogP contribution in [-0.2, 0) is 20.8 Å². The Labute approximate surface area is 122 Å². The highest BCUT2D eigenvalue weighted by molar-refractivity contribution is 5.85. The van der Waals surface area contributed by atoms with Crippen LogP contribution in [0.4, 0.5) is 0 Å². The number of carbonyl (C=O) groups excluding carboxylic acids is 2. The molecule has 0 heterocycles. The zero-order chi connectivity index (χ0) is 15.8. The number of hydrogen-bond acceptors (Lipinski definition) is 4. The van der Waals surface area contributed by atoms with Gasteiger partial charge in [-0.05, 0) is 18.9 Å². The molecule has 114 valence electrons. The maximum atomic E-state index is 12.1. The molecule has 1 rings (SSSR count). The molecule has 0 unspecified atom stereocenters. The summed E-state index contributed by atoms with van der Waals surface area (Å²) in [6, 6.07) is 8.02. The second-order valence-electron chi connectivity index (χ2n) is 4.68. The van der Waals surface area contributed by atoms with Gasteiger partial charge >= 0.3 is 5.97 Å². The summed E-state index contributed by atoms with van der Waals surface area (Å²) in [4.78, 5) is 33.3. The minimum absolute atomic E-state index is 0.200. The Morgan fingerprint density at radius 1 is 1.33 bits per heavy atom. The molecule has 0 aromatic heterocycles. The maximum Gasteiger partial charge on any atom is 0.325 e. The fourth-order valence-electron chi connectivity index (χ4n) is 1.80. The number of benzene rings is 1. The number of rotatable bonds is 8. The minimum atomic E-state index is -1.15. The topological polar surface area (TPSA) is 107 Å². The standard InChI is InChI=1S/C14H18N2O5/c1-10(14(19)20)15-13(18)12(8-16(21)9-17)7-11-5-3-2-4-6-11/h2-6,9-10,12,21H,7-8H2,1H3,(H,15,18)(H,19,20)/t10-,12+/m0/s1. The highest BCUT2D eigenvalue weighted by Crippen LogP contribution is 2.10. The molecule has 0 saturated heterocycles. The maximum absolute atomic E-state index is 12.1. The van der Waals surface area contributed by atoms with Crippen LogP contribution in [-0.4, -0.2) is 46.3 Å². The van der Waals surface area contributed by atoms with E-state index in [2.05, 4.69) is 5.32 Å². The predicted molar refractivity (Wildman–Crippen MR) is 73.4 cm³/mol. The summed E-state index contributed by atoms with van der Waals surface area (Å²) < 4.78 is 0. The SMILES string of the molecule is C[C@H](NC(=O)[C@H](Cc1ccccc1)CN(O)C=O)C(=O)O. The van der Waals surface area contributed by atoms with Crippen LogP contribution in [0.15, 0.2) is 30.3 Å². The summed E-state index contributed by atoms with van der Waals surface area (Å²) in [7, 11) is 0.